The molecule has 0 bridgehead atoms. The Balaban J connectivity index is 1.87. The molecular formula is C22H28N2O5S. The van der Waals surface area contributed by atoms with Crippen LogP contribution in [0.4, 0.5) is 5.69 Å². The monoisotopic (exact) mass is 432 g/mol. The van der Waals surface area contributed by atoms with Crippen molar-refractivity contribution in [3.63, 3.8) is 0 Å². The highest BCUT2D eigenvalue weighted by molar-refractivity contribution is 7.92. The van der Waals surface area contributed by atoms with Gasteiger partial charge in [-0.1, -0.05) is 18.2 Å². The number of hydrogen-bond acceptors (Lipinski definition) is 5. The molecule has 0 fully saturated rings. The maximum atomic E-state index is 13.1. The van der Waals surface area contributed by atoms with Gasteiger partial charge in [0.2, 0.25) is 15.9 Å². The first-order valence-corrected chi connectivity index (χ1v) is 11.6. The highest BCUT2D eigenvalue weighted by atomic mass is 32.2. The van der Waals surface area contributed by atoms with Crippen molar-refractivity contribution in [2.24, 2.45) is 0 Å². The maximum absolute atomic E-state index is 13.1. The van der Waals surface area contributed by atoms with Crippen LogP contribution in [0.3, 0.4) is 0 Å². The van der Waals surface area contributed by atoms with Crippen LogP contribution in [0.5, 0.6) is 11.5 Å². The van der Waals surface area contributed by atoms with Crippen molar-refractivity contribution in [3.05, 3.63) is 54.1 Å². The number of benzene rings is 2. The van der Waals surface area contributed by atoms with Gasteiger partial charge in [-0.3, -0.25) is 9.10 Å². The summed E-state index contributed by atoms with van der Waals surface area (Å²) >= 11 is 0. The van der Waals surface area contributed by atoms with E-state index in [9.17, 15) is 13.2 Å². The minimum absolute atomic E-state index is 0.280. The molecule has 2 aromatic rings. The van der Waals surface area contributed by atoms with Crippen molar-refractivity contribution in [3.8, 4) is 11.5 Å². The summed E-state index contributed by atoms with van der Waals surface area (Å²) in [4.78, 5) is 13.1. The summed E-state index contributed by atoms with van der Waals surface area (Å²) in [5, 5.41) is 3.03. The third-order valence-electron chi connectivity index (χ3n) is 5.11. The van der Waals surface area contributed by atoms with Crippen LogP contribution >= 0.6 is 0 Å². The molecule has 0 unspecified atom stereocenters. The van der Waals surface area contributed by atoms with Crippen molar-refractivity contribution in [1.82, 2.24) is 5.32 Å². The zero-order valence-electron chi connectivity index (χ0n) is 17.9. The van der Waals surface area contributed by atoms with Crippen LogP contribution < -0.4 is 19.1 Å². The Morgan fingerprint density at radius 2 is 1.83 bits per heavy atom. The highest BCUT2D eigenvalue weighted by Gasteiger charge is 2.36. The Kier molecular flexibility index (Phi) is 5.99. The average Bonchev–Trinajstić information content (AvgIpc) is 2.66. The van der Waals surface area contributed by atoms with Gasteiger partial charge in [-0.15, -0.1) is 0 Å². The lowest BCUT2D eigenvalue weighted by Gasteiger charge is -2.38. The zero-order chi connectivity index (χ0) is 22.1. The number of amides is 1. The molecule has 162 valence electrons. The lowest BCUT2D eigenvalue weighted by molar-refractivity contribution is -0.123. The normalized spacial score (nSPS) is 18.5. The Morgan fingerprint density at radius 1 is 1.20 bits per heavy atom. The zero-order valence-corrected chi connectivity index (χ0v) is 18.7. The lowest BCUT2D eigenvalue weighted by Crippen LogP contribution is -2.50. The molecular weight excluding hydrogens is 404 g/mol. The first-order chi connectivity index (χ1) is 14.0. The Morgan fingerprint density at radius 3 is 2.43 bits per heavy atom. The molecule has 0 aliphatic carbocycles. The Labute approximate surface area is 178 Å². The minimum Gasteiger partial charge on any atom is -0.497 e. The van der Waals surface area contributed by atoms with Gasteiger partial charge in [0.15, 0.2) is 0 Å². The molecule has 1 aliphatic rings. The van der Waals surface area contributed by atoms with Gasteiger partial charge in [-0.2, -0.15) is 0 Å². The minimum atomic E-state index is -3.70. The van der Waals surface area contributed by atoms with Crippen LogP contribution in [0.15, 0.2) is 48.5 Å². The number of ether oxygens (including phenoxy) is 2. The van der Waals surface area contributed by atoms with Crippen molar-refractivity contribution in [2.45, 2.75) is 44.9 Å². The van der Waals surface area contributed by atoms with E-state index in [4.69, 9.17) is 9.47 Å². The summed E-state index contributed by atoms with van der Waals surface area (Å²) in [5.41, 5.74) is 0.823. The predicted molar refractivity (Wildman–Crippen MR) is 116 cm³/mol. The second-order valence-electron chi connectivity index (χ2n) is 8.10. The van der Waals surface area contributed by atoms with Gasteiger partial charge in [0.05, 0.1) is 25.1 Å². The number of rotatable bonds is 6. The summed E-state index contributed by atoms with van der Waals surface area (Å²) in [7, 11) is -2.16. The van der Waals surface area contributed by atoms with Crippen LogP contribution in [0.25, 0.3) is 0 Å². The molecule has 0 spiro atoms. The van der Waals surface area contributed by atoms with Gasteiger partial charge in [-0.25, -0.2) is 8.42 Å². The van der Waals surface area contributed by atoms with E-state index in [1.807, 2.05) is 38.1 Å². The second kappa shape index (κ2) is 8.18. The van der Waals surface area contributed by atoms with Crippen molar-refractivity contribution in [2.75, 3.05) is 17.7 Å². The third-order valence-corrected chi connectivity index (χ3v) is 6.35. The molecule has 30 heavy (non-hydrogen) atoms. The molecule has 1 N–H and O–H groups in total. The summed E-state index contributed by atoms with van der Waals surface area (Å²) in [5.74, 6) is 0.945. The number of methoxy groups -OCH3 is 1. The van der Waals surface area contributed by atoms with E-state index < -0.39 is 21.7 Å². The molecule has 7 nitrogen and oxygen atoms in total. The Hall–Kier alpha value is -2.74. The van der Waals surface area contributed by atoms with E-state index in [2.05, 4.69) is 5.32 Å². The van der Waals surface area contributed by atoms with Gasteiger partial charge in [0.25, 0.3) is 0 Å². The van der Waals surface area contributed by atoms with Gasteiger partial charge >= 0.3 is 0 Å². The first-order valence-electron chi connectivity index (χ1n) is 9.73. The van der Waals surface area contributed by atoms with Crippen LogP contribution in [-0.4, -0.2) is 39.3 Å². The van der Waals surface area contributed by atoms with E-state index in [0.29, 0.717) is 17.9 Å². The SMILES string of the molecule is COc1ccc(N([C@H](C)C(=O)N[C@@H]2CC(C)(C)Oc3ccccc32)S(C)(=O)=O)cc1. The number of fused-ring (bicyclic) bond motifs is 1. The molecule has 1 amide bonds. The quantitative estimate of drug-likeness (QED) is 0.757. The maximum Gasteiger partial charge on any atom is 0.244 e. The fourth-order valence-electron chi connectivity index (χ4n) is 3.76. The smallest absolute Gasteiger partial charge is 0.244 e. The summed E-state index contributed by atoms with van der Waals surface area (Å²) in [6, 6.07) is 12.9. The van der Waals surface area contributed by atoms with Crippen LogP contribution in [0.2, 0.25) is 0 Å². The second-order valence-corrected chi connectivity index (χ2v) is 9.96. The van der Waals surface area contributed by atoms with E-state index in [1.165, 1.54) is 7.11 Å². The molecule has 8 heteroatoms. The van der Waals surface area contributed by atoms with Crippen LogP contribution in [0.1, 0.15) is 38.8 Å². The molecule has 0 aromatic heterocycles. The van der Waals surface area contributed by atoms with Gasteiger partial charge in [0, 0.05) is 12.0 Å². The number of carbonyl (C=O) groups is 1. The fraction of sp³-hybridized carbons (Fsp3) is 0.409. The molecule has 1 heterocycles. The molecule has 0 saturated carbocycles. The molecule has 0 saturated heterocycles. The largest absolute Gasteiger partial charge is 0.497 e. The lowest BCUT2D eigenvalue weighted by atomic mass is 9.89. The molecule has 2 atom stereocenters. The van der Waals surface area contributed by atoms with E-state index >= 15 is 0 Å². The highest BCUT2D eigenvalue weighted by Crippen LogP contribution is 2.39. The van der Waals surface area contributed by atoms with Crippen molar-refractivity contribution in [1.29, 1.82) is 0 Å². The van der Waals surface area contributed by atoms with Gasteiger partial charge in [-0.05, 0) is 51.1 Å². The number of hydrogen-bond donors (Lipinski definition) is 1. The number of sulfonamides is 1. The number of nitrogens with one attached hydrogen (secondary N) is 1. The topological polar surface area (TPSA) is 84.9 Å². The third kappa shape index (κ3) is 4.70. The van der Waals surface area contributed by atoms with Gasteiger partial charge < -0.3 is 14.8 Å². The number of nitrogens with zero attached hydrogens (tertiary/aromatic N) is 1. The fourth-order valence-corrected chi connectivity index (χ4v) is 4.94. The van der Waals surface area contributed by atoms with E-state index in [1.54, 1.807) is 31.2 Å². The number of anilines is 1. The number of carbonyl (C=O) groups excluding carboxylic acids is 1. The standard InChI is InChI=1S/C22H28N2O5S/c1-15(24(30(5,26)27)16-10-12-17(28-4)13-11-16)21(25)23-19-14-22(2,3)29-20-9-7-6-8-18(19)20/h6-13,15,19H,14H2,1-5H3,(H,23,25)/t15-,19-/m1/s1. The van der Waals surface area contributed by atoms with E-state index in [-0.39, 0.29) is 11.9 Å². The van der Waals surface area contributed by atoms with Crippen molar-refractivity contribution < 1.29 is 22.7 Å². The molecule has 1 aliphatic heterocycles. The van der Waals surface area contributed by atoms with Crippen LogP contribution in [-0.2, 0) is 14.8 Å². The molecule has 3 rings (SSSR count). The number of para-hydroxylation sites is 1. The molecule has 2 aromatic carbocycles. The Bertz CT molecular complexity index is 1020. The van der Waals surface area contributed by atoms with E-state index in [0.717, 1.165) is 21.9 Å². The average molecular weight is 433 g/mol. The van der Waals surface area contributed by atoms with Crippen molar-refractivity contribution >= 4 is 21.6 Å². The van der Waals surface area contributed by atoms with Crippen LogP contribution in [0, 0.1) is 0 Å². The van der Waals surface area contributed by atoms with Gasteiger partial charge in [0.1, 0.15) is 23.1 Å². The molecule has 0 radical (unpaired) electrons. The summed E-state index contributed by atoms with van der Waals surface area (Å²) < 4.78 is 37.3. The summed E-state index contributed by atoms with van der Waals surface area (Å²) in [6.07, 6.45) is 1.66. The predicted octanol–water partition coefficient (Wildman–Crippen LogP) is 3.27. The summed E-state index contributed by atoms with van der Waals surface area (Å²) in [6.45, 7) is 5.51. The first kappa shape index (κ1) is 22.0.